The molecule has 5 nitrogen and oxygen atoms in total. The molecular formula is C22H25F3N2O3. The van der Waals surface area contributed by atoms with Gasteiger partial charge in [-0.1, -0.05) is 18.2 Å². The molecule has 1 fully saturated rings. The SMILES string of the molecule is COc1ccc(CC(=O)N2CCN(Cc3ccc(C(F)(F)F)cc3)CC2)cc1OC. The molecular weight excluding hydrogens is 397 g/mol. The Balaban J connectivity index is 1.51. The highest BCUT2D eigenvalue weighted by atomic mass is 19.4. The maximum atomic E-state index is 12.7. The van der Waals surface area contributed by atoms with Gasteiger partial charge in [0, 0.05) is 32.7 Å². The number of hydrogen-bond acceptors (Lipinski definition) is 4. The van der Waals surface area contributed by atoms with E-state index in [1.165, 1.54) is 12.1 Å². The first kappa shape index (κ1) is 22.0. The van der Waals surface area contributed by atoms with Crippen LogP contribution in [0.5, 0.6) is 11.5 Å². The van der Waals surface area contributed by atoms with Crippen molar-refractivity contribution in [1.82, 2.24) is 9.80 Å². The minimum absolute atomic E-state index is 0.0383. The molecule has 1 amide bonds. The number of rotatable bonds is 6. The maximum Gasteiger partial charge on any atom is 0.416 e. The number of nitrogens with zero attached hydrogens (tertiary/aromatic N) is 2. The van der Waals surface area contributed by atoms with E-state index in [2.05, 4.69) is 4.90 Å². The van der Waals surface area contributed by atoms with E-state index < -0.39 is 11.7 Å². The van der Waals surface area contributed by atoms with E-state index in [4.69, 9.17) is 9.47 Å². The van der Waals surface area contributed by atoms with Crippen LogP contribution in [0, 0.1) is 0 Å². The van der Waals surface area contributed by atoms with Gasteiger partial charge < -0.3 is 14.4 Å². The number of carbonyl (C=O) groups is 1. The lowest BCUT2D eigenvalue weighted by Gasteiger charge is -2.35. The Kier molecular flexibility index (Phi) is 6.87. The van der Waals surface area contributed by atoms with Gasteiger partial charge in [-0.25, -0.2) is 0 Å². The molecule has 1 aliphatic rings. The molecule has 0 radical (unpaired) electrons. The minimum atomic E-state index is -4.32. The molecule has 0 aromatic heterocycles. The zero-order valence-electron chi connectivity index (χ0n) is 17.0. The van der Waals surface area contributed by atoms with Gasteiger partial charge >= 0.3 is 6.18 Å². The highest BCUT2D eigenvalue weighted by molar-refractivity contribution is 5.79. The van der Waals surface area contributed by atoms with E-state index in [-0.39, 0.29) is 12.3 Å². The number of ether oxygens (including phenoxy) is 2. The maximum absolute atomic E-state index is 12.7. The summed E-state index contributed by atoms with van der Waals surface area (Å²) in [6.45, 7) is 3.10. The Bertz CT molecular complexity index is 861. The Labute approximate surface area is 174 Å². The molecule has 1 heterocycles. The fraction of sp³-hybridized carbons (Fsp3) is 0.409. The van der Waals surface area contributed by atoms with E-state index in [9.17, 15) is 18.0 Å². The van der Waals surface area contributed by atoms with E-state index >= 15 is 0 Å². The van der Waals surface area contributed by atoms with Crippen molar-refractivity contribution in [3.63, 3.8) is 0 Å². The second-order valence-electron chi connectivity index (χ2n) is 7.22. The molecule has 0 bridgehead atoms. The number of piperazine rings is 1. The Morgan fingerprint density at radius 1 is 0.900 bits per heavy atom. The van der Waals surface area contributed by atoms with Crippen LogP contribution in [0.1, 0.15) is 16.7 Å². The third kappa shape index (κ3) is 5.44. The number of halogens is 3. The molecule has 0 aliphatic carbocycles. The van der Waals surface area contributed by atoms with Crippen LogP contribution in [-0.2, 0) is 23.9 Å². The lowest BCUT2D eigenvalue weighted by atomic mass is 10.1. The topological polar surface area (TPSA) is 42.0 Å². The van der Waals surface area contributed by atoms with Crippen LogP contribution in [-0.4, -0.2) is 56.1 Å². The summed E-state index contributed by atoms with van der Waals surface area (Å²) in [6, 6.07) is 10.7. The summed E-state index contributed by atoms with van der Waals surface area (Å²) >= 11 is 0. The molecule has 2 aromatic rings. The van der Waals surface area contributed by atoms with Crippen LogP contribution in [0.2, 0.25) is 0 Å². The van der Waals surface area contributed by atoms with Crippen molar-refractivity contribution >= 4 is 5.91 Å². The van der Waals surface area contributed by atoms with Crippen LogP contribution in [0.25, 0.3) is 0 Å². The van der Waals surface area contributed by atoms with E-state index in [1.54, 1.807) is 26.4 Å². The van der Waals surface area contributed by atoms with Crippen LogP contribution in [0.3, 0.4) is 0 Å². The average molecular weight is 422 g/mol. The second kappa shape index (κ2) is 9.38. The van der Waals surface area contributed by atoms with Crippen LogP contribution >= 0.6 is 0 Å². The highest BCUT2D eigenvalue weighted by Gasteiger charge is 2.30. The van der Waals surface area contributed by atoms with Crippen molar-refractivity contribution < 1.29 is 27.4 Å². The van der Waals surface area contributed by atoms with Gasteiger partial charge in [-0.2, -0.15) is 13.2 Å². The molecule has 8 heteroatoms. The van der Waals surface area contributed by atoms with Gasteiger partial charge in [0.2, 0.25) is 5.91 Å². The molecule has 30 heavy (non-hydrogen) atoms. The Morgan fingerprint density at radius 3 is 2.07 bits per heavy atom. The van der Waals surface area contributed by atoms with Crippen molar-refractivity contribution in [2.24, 2.45) is 0 Å². The summed E-state index contributed by atoms with van der Waals surface area (Å²) in [5.41, 5.74) is 1.04. The van der Waals surface area contributed by atoms with Crippen LogP contribution in [0.4, 0.5) is 13.2 Å². The van der Waals surface area contributed by atoms with E-state index in [1.807, 2.05) is 11.0 Å². The molecule has 0 atom stereocenters. The third-order valence-electron chi connectivity index (χ3n) is 5.22. The minimum Gasteiger partial charge on any atom is -0.493 e. The fourth-order valence-corrected chi connectivity index (χ4v) is 3.49. The van der Waals surface area contributed by atoms with Gasteiger partial charge in [-0.15, -0.1) is 0 Å². The van der Waals surface area contributed by atoms with Crippen molar-refractivity contribution in [3.05, 3.63) is 59.2 Å². The van der Waals surface area contributed by atoms with Gasteiger partial charge in [-0.3, -0.25) is 9.69 Å². The van der Waals surface area contributed by atoms with Gasteiger partial charge in [0.1, 0.15) is 0 Å². The molecule has 0 saturated carbocycles. The first-order valence-electron chi connectivity index (χ1n) is 9.67. The van der Waals surface area contributed by atoms with Gasteiger partial charge in [0.15, 0.2) is 11.5 Å². The predicted molar refractivity (Wildman–Crippen MR) is 107 cm³/mol. The Hall–Kier alpha value is -2.74. The number of amides is 1. The monoisotopic (exact) mass is 422 g/mol. The molecule has 0 spiro atoms. The molecule has 3 rings (SSSR count). The second-order valence-corrected chi connectivity index (χ2v) is 7.22. The van der Waals surface area contributed by atoms with Crippen LogP contribution < -0.4 is 9.47 Å². The summed E-state index contributed by atoms with van der Waals surface area (Å²) in [4.78, 5) is 16.6. The van der Waals surface area contributed by atoms with Gasteiger partial charge in [-0.05, 0) is 35.4 Å². The third-order valence-corrected chi connectivity index (χ3v) is 5.22. The largest absolute Gasteiger partial charge is 0.493 e. The number of carbonyl (C=O) groups excluding carboxylic acids is 1. The molecule has 1 saturated heterocycles. The summed E-state index contributed by atoms with van der Waals surface area (Å²) in [7, 11) is 3.12. The van der Waals surface area contributed by atoms with Crippen molar-refractivity contribution in [1.29, 1.82) is 0 Å². The normalized spacial score (nSPS) is 15.2. The van der Waals surface area contributed by atoms with Crippen molar-refractivity contribution in [2.75, 3.05) is 40.4 Å². The number of alkyl halides is 3. The zero-order valence-corrected chi connectivity index (χ0v) is 17.0. The average Bonchev–Trinajstić information content (AvgIpc) is 2.74. The lowest BCUT2D eigenvalue weighted by molar-refractivity contribution is -0.137. The first-order valence-corrected chi connectivity index (χ1v) is 9.67. The van der Waals surface area contributed by atoms with Crippen molar-refractivity contribution in [3.8, 4) is 11.5 Å². The number of hydrogen-bond donors (Lipinski definition) is 0. The predicted octanol–water partition coefficient (Wildman–Crippen LogP) is 3.61. The number of benzene rings is 2. The lowest BCUT2D eigenvalue weighted by Crippen LogP contribution is -2.48. The summed E-state index contributed by atoms with van der Waals surface area (Å²) in [6.07, 6.45) is -4.04. The van der Waals surface area contributed by atoms with Crippen molar-refractivity contribution in [2.45, 2.75) is 19.1 Å². The van der Waals surface area contributed by atoms with E-state index in [0.717, 1.165) is 23.3 Å². The Morgan fingerprint density at radius 2 is 1.50 bits per heavy atom. The standard InChI is InChI=1S/C22H25F3N2O3/c1-29-19-8-5-17(13-20(19)30-2)14-21(28)27-11-9-26(10-12-27)15-16-3-6-18(7-4-16)22(23,24)25/h3-8,13H,9-12,14-15H2,1-2H3. The molecule has 0 unspecified atom stereocenters. The smallest absolute Gasteiger partial charge is 0.416 e. The molecule has 1 aliphatic heterocycles. The summed E-state index contributed by atoms with van der Waals surface area (Å²) in [5.74, 6) is 1.24. The van der Waals surface area contributed by atoms with Gasteiger partial charge in [0.05, 0.1) is 26.2 Å². The van der Waals surface area contributed by atoms with Gasteiger partial charge in [0.25, 0.3) is 0 Å². The zero-order chi connectivity index (χ0) is 21.7. The molecule has 162 valence electrons. The fourth-order valence-electron chi connectivity index (χ4n) is 3.49. The summed E-state index contributed by atoms with van der Waals surface area (Å²) in [5, 5.41) is 0. The molecule has 2 aromatic carbocycles. The quantitative estimate of drug-likeness (QED) is 0.713. The molecule has 0 N–H and O–H groups in total. The van der Waals surface area contributed by atoms with Crippen LogP contribution in [0.15, 0.2) is 42.5 Å². The number of methoxy groups -OCH3 is 2. The first-order chi connectivity index (χ1) is 14.3. The summed E-state index contributed by atoms with van der Waals surface area (Å²) < 4.78 is 48.5. The van der Waals surface area contributed by atoms with E-state index in [0.29, 0.717) is 44.2 Å². The highest BCUT2D eigenvalue weighted by Crippen LogP contribution is 2.29.